The van der Waals surface area contributed by atoms with Gasteiger partial charge in [-0.3, -0.25) is 4.57 Å². The van der Waals surface area contributed by atoms with Crippen molar-refractivity contribution in [3.63, 3.8) is 0 Å². The number of methoxy groups -OCH3 is 1. The molecule has 29 heavy (non-hydrogen) atoms. The predicted octanol–water partition coefficient (Wildman–Crippen LogP) is 4.88. The monoisotopic (exact) mass is 381 g/mol. The molecule has 5 nitrogen and oxygen atoms in total. The molecular weight excluding hydrogens is 362 g/mol. The maximum Gasteiger partial charge on any atom is 0.337 e. The van der Waals surface area contributed by atoms with Crippen LogP contribution in [0.3, 0.4) is 0 Å². The van der Waals surface area contributed by atoms with Crippen LogP contribution < -0.4 is 5.32 Å². The average molecular weight is 381 g/mol. The molecule has 142 valence electrons. The van der Waals surface area contributed by atoms with Gasteiger partial charge in [0, 0.05) is 5.70 Å². The summed E-state index contributed by atoms with van der Waals surface area (Å²) in [6.07, 6.45) is 2.20. The molecule has 0 spiro atoms. The third-order valence-corrected chi connectivity index (χ3v) is 5.20. The van der Waals surface area contributed by atoms with Gasteiger partial charge in [-0.15, -0.1) is 0 Å². The van der Waals surface area contributed by atoms with E-state index in [4.69, 9.17) is 9.72 Å². The number of carbonyl (C=O) groups is 1. The van der Waals surface area contributed by atoms with Crippen molar-refractivity contribution >= 4 is 28.6 Å². The van der Waals surface area contributed by atoms with Crippen LogP contribution in [0.1, 0.15) is 27.5 Å². The van der Waals surface area contributed by atoms with Crippen LogP contribution in [0.4, 0.5) is 5.95 Å². The quantitative estimate of drug-likeness (QED) is 0.514. The highest BCUT2D eigenvalue weighted by Crippen LogP contribution is 2.36. The summed E-state index contributed by atoms with van der Waals surface area (Å²) in [5, 5.41) is 3.48. The first-order valence-corrected chi connectivity index (χ1v) is 9.44. The topological polar surface area (TPSA) is 56.1 Å². The Balaban J connectivity index is 1.66. The number of ether oxygens (including phenoxy) is 1. The number of hydrogen-bond donors (Lipinski definition) is 1. The molecule has 0 bridgehead atoms. The SMILES string of the molecule is COC(=O)c1ccc(C2C=C(c3ccccc3)Nc3nc4ccccc4n32)cc1. The maximum absolute atomic E-state index is 11.8. The second-order valence-corrected chi connectivity index (χ2v) is 6.92. The fourth-order valence-electron chi connectivity index (χ4n) is 3.77. The fourth-order valence-corrected chi connectivity index (χ4v) is 3.77. The number of carbonyl (C=O) groups excluding carboxylic acids is 1. The van der Waals surface area contributed by atoms with E-state index in [2.05, 4.69) is 34.2 Å². The minimum atomic E-state index is -0.337. The number of aromatic nitrogens is 2. The number of imidazole rings is 1. The molecule has 1 aromatic heterocycles. The summed E-state index contributed by atoms with van der Waals surface area (Å²) in [6, 6.07) is 25.8. The highest BCUT2D eigenvalue weighted by atomic mass is 16.5. The molecule has 0 aliphatic carbocycles. The van der Waals surface area contributed by atoms with E-state index in [-0.39, 0.29) is 12.0 Å². The number of nitrogens with one attached hydrogen (secondary N) is 1. The lowest BCUT2D eigenvalue weighted by Gasteiger charge is -2.26. The normalized spacial score (nSPS) is 15.3. The van der Waals surface area contributed by atoms with E-state index in [1.165, 1.54) is 7.11 Å². The Hall–Kier alpha value is -3.86. The highest BCUT2D eigenvalue weighted by molar-refractivity contribution is 5.89. The van der Waals surface area contributed by atoms with Crippen molar-refractivity contribution in [3.05, 3.63) is 102 Å². The molecule has 5 rings (SSSR count). The van der Waals surface area contributed by atoms with Crippen LogP contribution in [0.25, 0.3) is 16.7 Å². The zero-order valence-corrected chi connectivity index (χ0v) is 15.9. The van der Waals surface area contributed by atoms with Crippen LogP contribution >= 0.6 is 0 Å². The smallest absolute Gasteiger partial charge is 0.337 e. The predicted molar refractivity (Wildman–Crippen MR) is 114 cm³/mol. The Morgan fingerprint density at radius 2 is 1.69 bits per heavy atom. The Bertz CT molecular complexity index is 1220. The molecule has 1 atom stereocenters. The van der Waals surface area contributed by atoms with Gasteiger partial charge in [0.1, 0.15) is 0 Å². The molecule has 1 unspecified atom stereocenters. The van der Waals surface area contributed by atoms with E-state index in [0.717, 1.165) is 33.8 Å². The van der Waals surface area contributed by atoms with Crippen LogP contribution in [0.2, 0.25) is 0 Å². The number of rotatable bonds is 3. The van der Waals surface area contributed by atoms with Crippen molar-refractivity contribution in [1.82, 2.24) is 9.55 Å². The van der Waals surface area contributed by atoms with E-state index in [1.807, 2.05) is 48.5 Å². The molecular formula is C24H19N3O2. The van der Waals surface area contributed by atoms with Gasteiger partial charge in [0.15, 0.2) is 0 Å². The average Bonchev–Trinajstić information content (AvgIpc) is 3.17. The summed E-state index contributed by atoms with van der Waals surface area (Å²) in [5.41, 5.74) is 5.71. The molecule has 0 saturated carbocycles. The first kappa shape index (κ1) is 17.3. The fraction of sp³-hybridized carbons (Fsp3) is 0.0833. The van der Waals surface area contributed by atoms with Crippen LogP contribution in [0, 0.1) is 0 Å². The number of benzene rings is 3. The summed E-state index contributed by atoms with van der Waals surface area (Å²) in [4.78, 5) is 16.6. The number of hydrogen-bond acceptors (Lipinski definition) is 4. The second-order valence-electron chi connectivity index (χ2n) is 6.92. The first-order chi connectivity index (χ1) is 14.2. The zero-order valence-electron chi connectivity index (χ0n) is 15.9. The van der Waals surface area contributed by atoms with E-state index >= 15 is 0 Å². The lowest BCUT2D eigenvalue weighted by molar-refractivity contribution is 0.0600. The third-order valence-electron chi connectivity index (χ3n) is 5.20. The highest BCUT2D eigenvalue weighted by Gasteiger charge is 2.25. The summed E-state index contributed by atoms with van der Waals surface area (Å²) < 4.78 is 7.01. The number of fused-ring (bicyclic) bond motifs is 3. The summed E-state index contributed by atoms with van der Waals surface area (Å²) in [7, 11) is 1.39. The molecule has 5 heteroatoms. The Morgan fingerprint density at radius 1 is 0.966 bits per heavy atom. The Labute approximate surface area is 168 Å². The standard InChI is InChI=1S/C24H19N3O2/c1-29-23(28)18-13-11-17(12-14-18)22-15-20(16-7-3-2-4-8-16)26-24-25-19-9-5-6-10-21(19)27(22)24/h2-15,22H,1H3,(H,25,26). The van der Waals surface area contributed by atoms with Crippen molar-refractivity contribution in [3.8, 4) is 0 Å². The zero-order chi connectivity index (χ0) is 19.8. The molecule has 1 aliphatic heterocycles. The first-order valence-electron chi connectivity index (χ1n) is 9.44. The second kappa shape index (κ2) is 6.95. The van der Waals surface area contributed by atoms with Crippen LogP contribution in [0.5, 0.6) is 0 Å². The molecule has 0 amide bonds. The van der Waals surface area contributed by atoms with E-state index in [0.29, 0.717) is 5.56 Å². The number of esters is 1. The van der Waals surface area contributed by atoms with E-state index < -0.39 is 0 Å². The van der Waals surface area contributed by atoms with Crippen molar-refractivity contribution in [2.45, 2.75) is 6.04 Å². The van der Waals surface area contributed by atoms with Crippen LogP contribution in [-0.4, -0.2) is 22.6 Å². The summed E-state index contributed by atoms with van der Waals surface area (Å²) in [5.74, 6) is 0.464. The number of para-hydroxylation sites is 2. The van der Waals surface area contributed by atoms with Gasteiger partial charge in [-0.05, 0) is 41.5 Å². The van der Waals surface area contributed by atoms with Crippen molar-refractivity contribution < 1.29 is 9.53 Å². The Kier molecular flexibility index (Phi) is 4.13. The summed E-state index contributed by atoms with van der Waals surface area (Å²) in [6.45, 7) is 0. The van der Waals surface area contributed by atoms with Gasteiger partial charge in [-0.2, -0.15) is 0 Å². The van der Waals surface area contributed by atoms with Gasteiger partial charge in [-0.1, -0.05) is 54.6 Å². The van der Waals surface area contributed by atoms with Crippen LogP contribution in [0.15, 0.2) is 84.9 Å². The molecule has 4 aromatic rings. The molecule has 0 saturated heterocycles. The number of anilines is 1. The maximum atomic E-state index is 11.8. The molecule has 1 aliphatic rings. The molecule has 1 N–H and O–H groups in total. The van der Waals surface area contributed by atoms with Gasteiger partial charge in [0.2, 0.25) is 5.95 Å². The summed E-state index contributed by atoms with van der Waals surface area (Å²) >= 11 is 0. The number of allylic oxidation sites excluding steroid dienone is 1. The van der Waals surface area contributed by atoms with E-state index in [1.54, 1.807) is 12.1 Å². The minimum absolute atomic E-state index is 0.0550. The molecule has 0 radical (unpaired) electrons. The largest absolute Gasteiger partial charge is 0.465 e. The Morgan fingerprint density at radius 3 is 2.45 bits per heavy atom. The van der Waals surface area contributed by atoms with Crippen LogP contribution in [-0.2, 0) is 4.74 Å². The van der Waals surface area contributed by atoms with Crippen molar-refractivity contribution in [2.24, 2.45) is 0 Å². The van der Waals surface area contributed by atoms with Gasteiger partial charge in [0.25, 0.3) is 0 Å². The van der Waals surface area contributed by atoms with Crippen molar-refractivity contribution in [1.29, 1.82) is 0 Å². The molecule has 3 aromatic carbocycles. The molecule has 2 heterocycles. The lowest BCUT2D eigenvalue weighted by Crippen LogP contribution is -2.19. The van der Waals surface area contributed by atoms with Gasteiger partial charge < -0.3 is 10.1 Å². The van der Waals surface area contributed by atoms with Crippen molar-refractivity contribution in [2.75, 3.05) is 12.4 Å². The third kappa shape index (κ3) is 2.97. The van der Waals surface area contributed by atoms with E-state index in [9.17, 15) is 4.79 Å². The van der Waals surface area contributed by atoms with Gasteiger partial charge >= 0.3 is 5.97 Å². The minimum Gasteiger partial charge on any atom is -0.465 e. The van der Waals surface area contributed by atoms with Gasteiger partial charge in [0.05, 0.1) is 29.7 Å². The lowest BCUT2D eigenvalue weighted by atomic mass is 10.00. The molecule has 0 fully saturated rings. The number of nitrogens with zero attached hydrogens (tertiary/aromatic N) is 2. The van der Waals surface area contributed by atoms with Gasteiger partial charge in [-0.25, -0.2) is 9.78 Å².